The molecule has 1 heterocycles. The fourth-order valence-electron chi connectivity index (χ4n) is 3.41. The lowest BCUT2D eigenvalue weighted by Crippen LogP contribution is -2.44. The second-order valence-electron chi connectivity index (χ2n) is 6.68. The molecule has 0 bridgehead atoms. The maximum Gasteiger partial charge on any atom is 0.319 e. The van der Waals surface area contributed by atoms with Crippen molar-refractivity contribution in [2.45, 2.75) is 12.3 Å². The predicted molar refractivity (Wildman–Crippen MR) is 115 cm³/mol. The summed E-state index contributed by atoms with van der Waals surface area (Å²) in [4.78, 5) is 25.2. The Morgan fingerprint density at radius 3 is 2.43 bits per heavy atom. The van der Waals surface area contributed by atoms with Gasteiger partial charge in [0.2, 0.25) is 5.91 Å². The first kappa shape index (κ1) is 21.5. The van der Waals surface area contributed by atoms with Crippen LogP contribution >= 0.6 is 11.8 Å². The lowest BCUT2D eigenvalue weighted by molar-refractivity contribution is -0.150. The van der Waals surface area contributed by atoms with Crippen LogP contribution in [0.3, 0.4) is 0 Å². The summed E-state index contributed by atoms with van der Waals surface area (Å²) < 4.78 is 10.1. The van der Waals surface area contributed by atoms with E-state index in [2.05, 4.69) is 11.4 Å². The number of carbonyl (C=O) groups excluding carboxylic acids is 2. The molecular weight excluding hydrogens is 400 g/mol. The number of allylic oxidation sites excluding steroid dienone is 1. The summed E-state index contributed by atoms with van der Waals surface area (Å²) in [5.74, 6) is -1.66. The molecule has 1 aliphatic rings. The number of thioether (sulfide) groups is 1. The topological polar surface area (TPSA) is 88.4 Å². The fraction of sp³-hybridized carbons (Fsp3) is 0.261. The predicted octanol–water partition coefficient (Wildman–Crippen LogP) is 3.41. The Morgan fingerprint density at radius 2 is 1.83 bits per heavy atom. The number of esters is 1. The van der Waals surface area contributed by atoms with E-state index >= 15 is 0 Å². The normalized spacial score (nSPS) is 18.4. The minimum Gasteiger partial charge on any atom is -0.497 e. The van der Waals surface area contributed by atoms with Crippen molar-refractivity contribution in [2.24, 2.45) is 5.92 Å². The summed E-state index contributed by atoms with van der Waals surface area (Å²) in [5, 5.41) is 13.2. The number of aryl methyl sites for hydroxylation is 1. The fourth-order valence-corrected chi connectivity index (χ4v) is 4.45. The summed E-state index contributed by atoms with van der Waals surface area (Å²) in [6.45, 7) is 0. The number of ether oxygens (including phenoxy) is 2. The highest BCUT2D eigenvalue weighted by atomic mass is 32.2. The number of nitrogens with zero attached hydrogens (tertiary/aromatic N) is 1. The van der Waals surface area contributed by atoms with Gasteiger partial charge in [0.15, 0.2) is 0 Å². The van der Waals surface area contributed by atoms with Crippen LogP contribution in [-0.4, -0.2) is 31.8 Å². The molecule has 0 unspecified atom stereocenters. The van der Waals surface area contributed by atoms with E-state index in [4.69, 9.17) is 9.47 Å². The zero-order valence-corrected chi connectivity index (χ0v) is 17.6. The third kappa shape index (κ3) is 4.66. The van der Waals surface area contributed by atoms with Gasteiger partial charge in [-0.2, -0.15) is 5.26 Å². The molecule has 7 heteroatoms. The van der Waals surface area contributed by atoms with E-state index in [1.165, 1.54) is 24.4 Å². The Hall–Kier alpha value is -3.24. The molecule has 1 amide bonds. The molecule has 2 aromatic rings. The Kier molecular flexibility index (Phi) is 7.15. The lowest BCUT2D eigenvalue weighted by Gasteiger charge is -2.31. The molecule has 0 fully saturated rings. The summed E-state index contributed by atoms with van der Waals surface area (Å²) in [5.41, 5.74) is 2.21. The Labute approximate surface area is 179 Å². The van der Waals surface area contributed by atoms with E-state index in [1.807, 2.05) is 30.3 Å². The van der Waals surface area contributed by atoms with E-state index in [-0.39, 0.29) is 0 Å². The average molecular weight is 423 g/mol. The van der Waals surface area contributed by atoms with E-state index in [0.717, 1.165) is 6.42 Å². The molecule has 2 atom stereocenters. The second-order valence-corrected chi connectivity index (χ2v) is 7.78. The van der Waals surface area contributed by atoms with Crippen molar-refractivity contribution in [2.75, 3.05) is 20.0 Å². The molecule has 6 nitrogen and oxygen atoms in total. The van der Waals surface area contributed by atoms with Crippen molar-refractivity contribution in [3.8, 4) is 11.8 Å². The van der Waals surface area contributed by atoms with Gasteiger partial charge < -0.3 is 14.8 Å². The van der Waals surface area contributed by atoms with Crippen LogP contribution in [0.5, 0.6) is 5.75 Å². The molecule has 0 spiro atoms. The first-order valence-electron chi connectivity index (χ1n) is 9.42. The largest absolute Gasteiger partial charge is 0.497 e. The van der Waals surface area contributed by atoms with Crippen LogP contribution in [0.15, 0.2) is 65.2 Å². The molecule has 0 saturated carbocycles. The van der Waals surface area contributed by atoms with Crippen molar-refractivity contribution in [3.63, 3.8) is 0 Å². The van der Waals surface area contributed by atoms with Crippen LogP contribution in [0.4, 0.5) is 0 Å². The minimum absolute atomic E-state index is 0.355. The number of benzene rings is 2. The van der Waals surface area contributed by atoms with Gasteiger partial charge in [0.25, 0.3) is 0 Å². The average Bonchev–Trinajstić information content (AvgIpc) is 2.79. The highest BCUT2D eigenvalue weighted by Gasteiger charge is 2.44. The number of carbonyl (C=O) groups is 2. The standard InChI is InChI=1S/C23H22N2O4S/c1-28-17-10-8-16(9-11-17)19-18(14-24)22(25-21(26)20(19)23(27)29-2)30-13-12-15-6-4-3-5-7-15/h3-11,19-20H,12-13H2,1-2H3,(H,25,26)/t19-,20+/m0/s1. The molecule has 0 aliphatic carbocycles. The molecule has 0 radical (unpaired) electrons. The number of nitrogens with one attached hydrogen (secondary N) is 1. The van der Waals surface area contributed by atoms with Crippen molar-refractivity contribution in [3.05, 3.63) is 76.3 Å². The van der Waals surface area contributed by atoms with Gasteiger partial charge in [0, 0.05) is 11.7 Å². The first-order valence-corrected chi connectivity index (χ1v) is 10.4. The second kappa shape index (κ2) is 9.99. The van der Waals surface area contributed by atoms with Crippen LogP contribution in [0.25, 0.3) is 0 Å². The number of amides is 1. The van der Waals surface area contributed by atoms with Crippen molar-refractivity contribution in [1.82, 2.24) is 5.32 Å². The van der Waals surface area contributed by atoms with Gasteiger partial charge in [-0.25, -0.2) is 0 Å². The molecule has 30 heavy (non-hydrogen) atoms. The molecule has 3 rings (SSSR count). The maximum absolute atomic E-state index is 12.8. The Morgan fingerprint density at radius 1 is 1.13 bits per heavy atom. The van der Waals surface area contributed by atoms with Gasteiger partial charge in [-0.1, -0.05) is 42.5 Å². The van der Waals surface area contributed by atoms with E-state index < -0.39 is 23.7 Å². The third-order valence-electron chi connectivity index (χ3n) is 4.94. The van der Waals surface area contributed by atoms with Crippen LogP contribution in [-0.2, 0) is 20.7 Å². The zero-order chi connectivity index (χ0) is 21.5. The van der Waals surface area contributed by atoms with E-state index in [9.17, 15) is 14.9 Å². The molecule has 2 aromatic carbocycles. The van der Waals surface area contributed by atoms with Crippen molar-refractivity contribution < 1.29 is 19.1 Å². The molecule has 0 saturated heterocycles. The summed E-state index contributed by atoms with van der Waals surface area (Å²) >= 11 is 1.40. The summed E-state index contributed by atoms with van der Waals surface area (Å²) in [6, 6.07) is 19.2. The molecule has 1 aliphatic heterocycles. The van der Waals surface area contributed by atoms with Crippen LogP contribution in [0, 0.1) is 17.2 Å². The highest BCUT2D eigenvalue weighted by Crippen LogP contribution is 2.40. The van der Waals surface area contributed by atoms with Crippen LogP contribution in [0.2, 0.25) is 0 Å². The maximum atomic E-state index is 12.8. The van der Waals surface area contributed by atoms with Crippen molar-refractivity contribution in [1.29, 1.82) is 5.26 Å². The zero-order valence-electron chi connectivity index (χ0n) is 16.8. The number of rotatable bonds is 7. The summed E-state index contributed by atoms with van der Waals surface area (Å²) in [6.07, 6.45) is 0.789. The third-order valence-corrected chi connectivity index (χ3v) is 5.96. The molecule has 0 aromatic heterocycles. The van der Waals surface area contributed by atoms with E-state index in [1.54, 1.807) is 31.4 Å². The van der Waals surface area contributed by atoms with Gasteiger partial charge in [-0.3, -0.25) is 9.59 Å². The van der Waals surface area contributed by atoms with Gasteiger partial charge in [0.05, 0.1) is 30.9 Å². The Balaban J connectivity index is 1.93. The number of hydrogen-bond acceptors (Lipinski definition) is 6. The van der Waals surface area contributed by atoms with E-state index in [0.29, 0.717) is 27.7 Å². The van der Waals surface area contributed by atoms with Crippen molar-refractivity contribution >= 4 is 23.6 Å². The summed E-state index contributed by atoms with van der Waals surface area (Å²) in [7, 11) is 2.79. The molecule has 1 N–H and O–H groups in total. The number of nitriles is 1. The van der Waals surface area contributed by atoms with Crippen LogP contribution in [0.1, 0.15) is 17.0 Å². The quantitative estimate of drug-likeness (QED) is 0.543. The SMILES string of the molecule is COC(=O)[C@H]1C(=O)NC(SCCc2ccccc2)=C(C#N)[C@@H]1c1ccc(OC)cc1. The molecule has 154 valence electrons. The monoisotopic (exact) mass is 422 g/mol. The van der Waals surface area contributed by atoms with Crippen LogP contribution < -0.4 is 10.1 Å². The van der Waals surface area contributed by atoms with Gasteiger partial charge in [0.1, 0.15) is 11.7 Å². The minimum atomic E-state index is -1.13. The lowest BCUT2D eigenvalue weighted by atomic mass is 9.78. The number of hydrogen-bond donors (Lipinski definition) is 1. The number of methoxy groups -OCH3 is 2. The van der Waals surface area contributed by atoms with Gasteiger partial charge in [-0.05, 0) is 29.7 Å². The highest BCUT2D eigenvalue weighted by molar-refractivity contribution is 8.03. The first-order chi connectivity index (χ1) is 14.6. The molecular formula is C23H22N2O4S. The van der Waals surface area contributed by atoms with Gasteiger partial charge in [-0.15, -0.1) is 11.8 Å². The van der Waals surface area contributed by atoms with Gasteiger partial charge >= 0.3 is 5.97 Å². The smallest absolute Gasteiger partial charge is 0.319 e. The Bertz CT molecular complexity index is 981.